The minimum Gasteiger partial charge on any atom is -0.485 e. The van der Waals surface area contributed by atoms with Gasteiger partial charge in [0.1, 0.15) is 12.3 Å². The van der Waals surface area contributed by atoms with Crippen molar-refractivity contribution >= 4 is 33.3 Å². The lowest BCUT2D eigenvalue weighted by atomic mass is 10.1. The largest absolute Gasteiger partial charge is 0.485 e. The third-order valence-corrected chi connectivity index (χ3v) is 9.28. The Bertz CT molecular complexity index is 1530. The third-order valence-electron chi connectivity index (χ3n) is 7.19. The fraction of sp³-hybridized carbons (Fsp3) is 0.393. The molecular formula is C28H31ClN4O6S. The lowest BCUT2D eigenvalue weighted by Gasteiger charge is -2.35. The fourth-order valence-electron chi connectivity index (χ4n) is 4.65. The zero-order valence-corrected chi connectivity index (χ0v) is 23.7. The summed E-state index contributed by atoms with van der Waals surface area (Å²) in [5.74, 6) is -0.312. The molecule has 1 aliphatic carbocycles. The van der Waals surface area contributed by atoms with Crippen LogP contribution >= 0.6 is 11.6 Å². The number of anilines is 1. The Balaban J connectivity index is 1.37. The Morgan fingerprint density at radius 3 is 2.40 bits per heavy atom. The molecule has 3 aromatic rings. The molecule has 2 fully saturated rings. The van der Waals surface area contributed by atoms with E-state index in [2.05, 4.69) is 5.10 Å². The second-order valence-corrected chi connectivity index (χ2v) is 12.7. The first-order valence-electron chi connectivity index (χ1n) is 13.1. The maximum atomic E-state index is 13.7. The van der Waals surface area contributed by atoms with E-state index in [4.69, 9.17) is 21.1 Å². The zero-order chi connectivity index (χ0) is 28.3. The first-order chi connectivity index (χ1) is 19.2. The standard InChI is InChI=1S/C28H31ClN4O6S/c1-21(34)38-19-28(10-11-28)20-39-26-25(17-30-33(27(26)35)24-9-5-8-23(29)16-24)31-12-14-32(15-13-31)40(36,37)18-22-6-3-2-4-7-22/h2-9,16-17H,10-15,18-20H2,1H3. The summed E-state index contributed by atoms with van der Waals surface area (Å²) >= 11 is 6.15. The summed E-state index contributed by atoms with van der Waals surface area (Å²) in [4.78, 5) is 27.0. The van der Waals surface area contributed by atoms with E-state index < -0.39 is 15.6 Å². The van der Waals surface area contributed by atoms with E-state index in [1.165, 1.54) is 15.9 Å². The van der Waals surface area contributed by atoms with Crippen molar-refractivity contribution in [1.29, 1.82) is 0 Å². The van der Waals surface area contributed by atoms with Gasteiger partial charge in [0, 0.05) is 43.5 Å². The Labute approximate surface area is 238 Å². The van der Waals surface area contributed by atoms with Gasteiger partial charge in [-0.15, -0.1) is 0 Å². The molecule has 1 aromatic heterocycles. The Kier molecular flexibility index (Phi) is 8.16. The molecule has 2 heterocycles. The molecule has 1 aliphatic heterocycles. The SMILES string of the molecule is CC(=O)OCC1(COc2c(N3CCN(S(=O)(=O)Cc4ccccc4)CC3)cnn(-c3cccc(Cl)c3)c2=O)CC1. The van der Waals surface area contributed by atoms with Crippen LogP contribution in [0.1, 0.15) is 25.3 Å². The number of halogens is 1. The molecule has 1 saturated carbocycles. The van der Waals surface area contributed by atoms with Gasteiger partial charge in [0.2, 0.25) is 15.8 Å². The zero-order valence-electron chi connectivity index (χ0n) is 22.2. The second-order valence-electron chi connectivity index (χ2n) is 10.3. The predicted molar refractivity (Wildman–Crippen MR) is 151 cm³/mol. The number of sulfonamides is 1. The van der Waals surface area contributed by atoms with Gasteiger partial charge in [0.05, 0.1) is 24.2 Å². The van der Waals surface area contributed by atoms with Gasteiger partial charge >= 0.3 is 11.5 Å². The highest BCUT2D eigenvalue weighted by Crippen LogP contribution is 2.46. The van der Waals surface area contributed by atoms with E-state index in [9.17, 15) is 18.0 Å². The van der Waals surface area contributed by atoms with Crippen LogP contribution in [0.15, 0.2) is 65.6 Å². The molecule has 0 amide bonds. The van der Waals surface area contributed by atoms with Gasteiger partial charge in [0.25, 0.3) is 0 Å². The maximum absolute atomic E-state index is 13.7. The number of hydrogen-bond donors (Lipinski definition) is 0. The monoisotopic (exact) mass is 586 g/mol. The van der Waals surface area contributed by atoms with E-state index in [0.29, 0.717) is 29.5 Å². The number of benzene rings is 2. The smallest absolute Gasteiger partial charge is 0.316 e. The summed E-state index contributed by atoms with van der Waals surface area (Å²) in [5, 5.41) is 4.85. The van der Waals surface area contributed by atoms with Crippen LogP contribution in [0.3, 0.4) is 0 Å². The van der Waals surface area contributed by atoms with E-state index in [0.717, 1.165) is 18.4 Å². The van der Waals surface area contributed by atoms with Crippen LogP contribution in [0.2, 0.25) is 5.02 Å². The van der Waals surface area contributed by atoms with Gasteiger partial charge in [0.15, 0.2) is 0 Å². The van der Waals surface area contributed by atoms with Crippen LogP contribution in [0.5, 0.6) is 5.75 Å². The van der Waals surface area contributed by atoms with Crippen molar-refractivity contribution in [2.24, 2.45) is 5.41 Å². The highest BCUT2D eigenvalue weighted by atomic mass is 35.5. The predicted octanol–water partition coefficient (Wildman–Crippen LogP) is 3.26. The lowest BCUT2D eigenvalue weighted by Crippen LogP contribution is -2.49. The van der Waals surface area contributed by atoms with Crippen molar-refractivity contribution in [3.05, 3.63) is 81.7 Å². The van der Waals surface area contributed by atoms with Crippen LogP contribution in [0, 0.1) is 5.41 Å². The van der Waals surface area contributed by atoms with Gasteiger partial charge in [-0.05, 0) is 36.6 Å². The van der Waals surface area contributed by atoms with Crippen LogP contribution < -0.4 is 15.2 Å². The van der Waals surface area contributed by atoms with Gasteiger partial charge in [-0.3, -0.25) is 9.59 Å². The quantitative estimate of drug-likeness (QED) is 0.333. The van der Waals surface area contributed by atoms with Gasteiger partial charge in [-0.2, -0.15) is 14.1 Å². The number of nitrogens with zero attached hydrogens (tertiary/aromatic N) is 4. The first kappa shape index (κ1) is 28.1. The van der Waals surface area contributed by atoms with Crippen molar-refractivity contribution in [3.63, 3.8) is 0 Å². The first-order valence-corrected chi connectivity index (χ1v) is 15.1. The molecule has 1 saturated heterocycles. The summed E-state index contributed by atoms with van der Waals surface area (Å²) in [7, 11) is -3.50. The molecule has 0 spiro atoms. The second kappa shape index (κ2) is 11.6. The number of esters is 1. The molecule has 0 atom stereocenters. The number of piperazine rings is 1. The van der Waals surface area contributed by atoms with Crippen LogP contribution in [0.25, 0.3) is 5.69 Å². The molecular weight excluding hydrogens is 556 g/mol. The molecule has 0 unspecified atom stereocenters. The molecule has 0 radical (unpaired) electrons. The number of rotatable bonds is 10. The van der Waals surface area contributed by atoms with Gasteiger partial charge in [-0.1, -0.05) is 48.0 Å². The molecule has 10 nitrogen and oxygen atoms in total. The summed E-state index contributed by atoms with van der Waals surface area (Å²) in [6.07, 6.45) is 3.21. The Hall–Kier alpha value is -3.41. The average Bonchev–Trinajstić information content (AvgIpc) is 3.71. The van der Waals surface area contributed by atoms with Crippen LogP contribution in [-0.4, -0.2) is 67.9 Å². The number of hydrogen-bond acceptors (Lipinski definition) is 8. The third kappa shape index (κ3) is 6.48. The molecule has 212 valence electrons. The molecule has 5 rings (SSSR count). The van der Waals surface area contributed by atoms with E-state index in [1.54, 1.807) is 42.6 Å². The van der Waals surface area contributed by atoms with Crippen molar-refractivity contribution in [1.82, 2.24) is 14.1 Å². The average molecular weight is 587 g/mol. The molecule has 0 N–H and O–H groups in total. The molecule has 2 aliphatic rings. The van der Waals surface area contributed by atoms with Crippen LogP contribution in [0.4, 0.5) is 5.69 Å². The van der Waals surface area contributed by atoms with E-state index >= 15 is 0 Å². The number of aromatic nitrogens is 2. The molecule has 2 aromatic carbocycles. The maximum Gasteiger partial charge on any atom is 0.316 e. The minimum atomic E-state index is -3.50. The topological polar surface area (TPSA) is 111 Å². The molecule has 0 bridgehead atoms. The van der Waals surface area contributed by atoms with E-state index in [-0.39, 0.29) is 49.2 Å². The summed E-state index contributed by atoms with van der Waals surface area (Å²) < 4.78 is 40.2. The minimum absolute atomic E-state index is 0.0656. The number of carbonyl (C=O) groups is 1. The van der Waals surface area contributed by atoms with Crippen molar-refractivity contribution in [3.8, 4) is 11.4 Å². The van der Waals surface area contributed by atoms with Crippen molar-refractivity contribution < 1.29 is 22.7 Å². The Morgan fingerprint density at radius 2 is 1.75 bits per heavy atom. The molecule has 12 heteroatoms. The van der Waals surface area contributed by atoms with Crippen molar-refractivity contribution in [2.75, 3.05) is 44.3 Å². The normalized spacial score (nSPS) is 16.9. The summed E-state index contributed by atoms with van der Waals surface area (Å²) in [6, 6.07) is 15.9. The number of carbonyl (C=O) groups excluding carboxylic acids is 1. The summed E-state index contributed by atoms with van der Waals surface area (Å²) in [6.45, 7) is 3.05. The molecule has 40 heavy (non-hydrogen) atoms. The van der Waals surface area contributed by atoms with Crippen LogP contribution in [-0.2, 0) is 25.3 Å². The van der Waals surface area contributed by atoms with Crippen molar-refractivity contribution in [2.45, 2.75) is 25.5 Å². The Morgan fingerprint density at radius 1 is 1.02 bits per heavy atom. The number of ether oxygens (including phenoxy) is 2. The van der Waals surface area contributed by atoms with Gasteiger partial charge < -0.3 is 14.4 Å². The lowest BCUT2D eigenvalue weighted by molar-refractivity contribution is -0.143. The highest BCUT2D eigenvalue weighted by Gasteiger charge is 2.45. The van der Waals surface area contributed by atoms with Gasteiger partial charge in [-0.25, -0.2) is 8.42 Å². The fourth-order valence-corrected chi connectivity index (χ4v) is 6.35. The van der Waals surface area contributed by atoms with E-state index in [1.807, 2.05) is 23.1 Å². The summed E-state index contributed by atoms with van der Waals surface area (Å²) in [5.41, 5.74) is 0.932. The highest BCUT2D eigenvalue weighted by molar-refractivity contribution is 7.88.